The minimum absolute atomic E-state index is 0.00185. The normalized spacial score (nSPS) is 13.1. The first kappa shape index (κ1) is 17.2. The van der Waals surface area contributed by atoms with Gasteiger partial charge >= 0.3 is 0 Å². The molecule has 1 aliphatic heterocycles. The highest BCUT2D eigenvalue weighted by Crippen LogP contribution is 2.34. The molecule has 0 aliphatic carbocycles. The Balaban J connectivity index is 1.66. The van der Waals surface area contributed by atoms with E-state index < -0.39 is 0 Å². The van der Waals surface area contributed by atoms with E-state index in [-0.39, 0.29) is 12.8 Å². The molecule has 1 unspecified atom stereocenters. The quantitative estimate of drug-likeness (QED) is 0.792. The Hall–Kier alpha value is -2.67. The Labute approximate surface area is 152 Å². The summed E-state index contributed by atoms with van der Waals surface area (Å²) >= 11 is 5.41. The minimum Gasteiger partial charge on any atom is -0.497 e. The van der Waals surface area contributed by atoms with Gasteiger partial charge in [-0.25, -0.2) is 0 Å². The fraction of sp³-hybridized carbons (Fsp3) is 0.278. The summed E-state index contributed by atoms with van der Waals surface area (Å²) in [4.78, 5) is 0. The van der Waals surface area contributed by atoms with Crippen LogP contribution in [0.2, 0.25) is 0 Å². The van der Waals surface area contributed by atoms with Crippen LogP contribution in [0.15, 0.2) is 36.4 Å². The highest BCUT2D eigenvalue weighted by Gasteiger charge is 2.16. The van der Waals surface area contributed by atoms with E-state index in [2.05, 4.69) is 10.6 Å². The van der Waals surface area contributed by atoms with E-state index in [1.54, 1.807) is 20.3 Å². The minimum atomic E-state index is 0.00185. The lowest BCUT2D eigenvalue weighted by molar-refractivity contribution is 0.174. The number of hydrogen-bond donors (Lipinski definition) is 2. The molecular weight excluding hydrogens is 340 g/mol. The Morgan fingerprint density at radius 1 is 1.04 bits per heavy atom. The SMILES string of the molecule is COc1cc(NC(=S)NC(C)c2ccc3c(c2)OCO3)cc(OC)c1. The zero-order valence-corrected chi connectivity index (χ0v) is 15.1. The van der Waals surface area contributed by atoms with Gasteiger partial charge in [0.25, 0.3) is 0 Å². The topological polar surface area (TPSA) is 61.0 Å². The van der Waals surface area contributed by atoms with Crippen LogP contribution in [0.4, 0.5) is 5.69 Å². The maximum absolute atomic E-state index is 5.41. The van der Waals surface area contributed by atoms with E-state index in [0.717, 1.165) is 22.7 Å². The number of ether oxygens (including phenoxy) is 4. The van der Waals surface area contributed by atoms with Gasteiger partial charge in [0.05, 0.1) is 20.3 Å². The molecule has 6 nitrogen and oxygen atoms in total. The number of hydrogen-bond acceptors (Lipinski definition) is 5. The zero-order chi connectivity index (χ0) is 17.8. The molecule has 2 aromatic rings. The van der Waals surface area contributed by atoms with Crippen LogP contribution in [0.25, 0.3) is 0 Å². The molecule has 0 bridgehead atoms. The standard InChI is InChI=1S/C18H20N2O4S/c1-11(12-4-5-16-17(6-12)24-10-23-16)19-18(25)20-13-7-14(21-2)9-15(8-13)22-3/h4-9,11H,10H2,1-3H3,(H2,19,20,25). The van der Waals surface area contributed by atoms with Crippen molar-refractivity contribution in [2.24, 2.45) is 0 Å². The van der Waals surface area contributed by atoms with E-state index in [4.69, 9.17) is 31.2 Å². The molecule has 0 amide bonds. The summed E-state index contributed by atoms with van der Waals surface area (Å²) in [5.74, 6) is 2.89. The molecule has 0 saturated heterocycles. The predicted molar refractivity (Wildman–Crippen MR) is 99.9 cm³/mol. The first-order valence-electron chi connectivity index (χ1n) is 7.79. The van der Waals surface area contributed by atoms with Gasteiger partial charge in [-0.3, -0.25) is 0 Å². The number of anilines is 1. The molecule has 7 heteroatoms. The molecule has 0 aromatic heterocycles. The van der Waals surface area contributed by atoms with Gasteiger partial charge in [-0.15, -0.1) is 0 Å². The molecule has 0 saturated carbocycles. The molecule has 3 rings (SSSR count). The lowest BCUT2D eigenvalue weighted by Gasteiger charge is -2.18. The zero-order valence-electron chi connectivity index (χ0n) is 14.3. The van der Waals surface area contributed by atoms with Crippen LogP contribution in [-0.2, 0) is 0 Å². The van der Waals surface area contributed by atoms with Crippen molar-refractivity contribution in [3.8, 4) is 23.0 Å². The number of nitrogens with one attached hydrogen (secondary N) is 2. The van der Waals surface area contributed by atoms with E-state index in [1.807, 2.05) is 37.3 Å². The van der Waals surface area contributed by atoms with Crippen molar-refractivity contribution < 1.29 is 18.9 Å². The maximum atomic E-state index is 5.41. The second kappa shape index (κ2) is 7.48. The van der Waals surface area contributed by atoms with Crippen molar-refractivity contribution in [2.45, 2.75) is 13.0 Å². The summed E-state index contributed by atoms with van der Waals surface area (Å²) in [7, 11) is 3.22. The molecule has 0 spiro atoms. The number of thiocarbonyl (C=S) groups is 1. The van der Waals surface area contributed by atoms with Crippen molar-refractivity contribution in [1.29, 1.82) is 0 Å². The number of rotatable bonds is 5. The van der Waals surface area contributed by atoms with E-state index in [1.165, 1.54) is 0 Å². The first-order valence-corrected chi connectivity index (χ1v) is 8.20. The Bertz CT molecular complexity index is 759. The van der Waals surface area contributed by atoms with Crippen LogP contribution in [0.3, 0.4) is 0 Å². The molecule has 2 aromatic carbocycles. The summed E-state index contributed by atoms with van der Waals surface area (Å²) in [6.45, 7) is 2.29. The van der Waals surface area contributed by atoms with Crippen LogP contribution in [-0.4, -0.2) is 26.1 Å². The van der Waals surface area contributed by atoms with Crippen molar-refractivity contribution in [2.75, 3.05) is 26.3 Å². The van der Waals surface area contributed by atoms with Crippen LogP contribution in [0.1, 0.15) is 18.5 Å². The van der Waals surface area contributed by atoms with Gasteiger partial charge in [-0.05, 0) is 36.8 Å². The van der Waals surface area contributed by atoms with Crippen molar-refractivity contribution in [1.82, 2.24) is 5.32 Å². The number of fused-ring (bicyclic) bond motifs is 1. The monoisotopic (exact) mass is 360 g/mol. The molecule has 132 valence electrons. The van der Waals surface area contributed by atoms with Crippen molar-refractivity contribution in [3.63, 3.8) is 0 Å². The van der Waals surface area contributed by atoms with Crippen LogP contribution >= 0.6 is 12.2 Å². The fourth-order valence-corrected chi connectivity index (χ4v) is 2.80. The van der Waals surface area contributed by atoms with Crippen LogP contribution < -0.4 is 29.6 Å². The third-order valence-corrected chi connectivity index (χ3v) is 4.07. The number of benzene rings is 2. The van der Waals surface area contributed by atoms with Gasteiger partial charge in [0.1, 0.15) is 11.5 Å². The fourth-order valence-electron chi connectivity index (χ4n) is 2.51. The Morgan fingerprint density at radius 2 is 1.72 bits per heavy atom. The lowest BCUT2D eigenvalue weighted by atomic mass is 10.1. The molecule has 0 fully saturated rings. The number of methoxy groups -OCH3 is 2. The molecule has 1 heterocycles. The van der Waals surface area contributed by atoms with Gasteiger partial charge in [0.2, 0.25) is 6.79 Å². The third-order valence-electron chi connectivity index (χ3n) is 3.85. The summed E-state index contributed by atoms with van der Waals surface area (Å²) in [6, 6.07) is 11.3. The average Bonchev–Trinajstić information content (AvgIpc) is 3.08. The Kier molecular flexibility index (Phi) is 5.14. The second-order valence-corrected chi connectivity index (χ2v) is 5.94. The first-order chi connectivity index (χ1) is 12.1. The third kappa shape index (κ3) is 4.06. The van der Waals surface area contributed by atoms with Gasteiger partial charge in [0.15, 0.2) is 16.6 Å². The molecule has 1 atom stereocenters. The molecule has 25 heavy (non-hydrogen) atoms. The molecule has 0 radical (unpaired) electrons. The van der Waals surface area contributed by atoms with Gasteiger partial charge < -0.3 is 29.6 Å². The van der Waals surface area contributed by atoms with E-state index in [9.17, 15) is 0 Å². The highest BCUT2D eigenvalue weighted by molar-refractivity contribution is 7.80. The summed E-state index contributed by atoms with van der Waals surface area (Å²) < 4.78 is 21.3. The average molecular weight is 360 g/mol. The molecular formula is C18H20N2O4S. The largest absolute Gasteiger partial charge is 0.497 e. The van der Waals surface area contributed by atoms with E-state index >= 15 is 0 Å². The summed E-state index contributed by atoms with van der Waals surface area (Å²) in [5.41, 5.74) is 1.84. The summed E-state index contributed by atoms with van der Waals surface area (Å²) in [6.07, 6.45) is 0. The van der Waals surface area contributed by atoms with Crippen LogP contribution in [0.5, 0.6) is 23.0 Å². The van der Waals surface area contributed by atoms with Crippen molar-refractivity contribution >= 4 is 23.0 Å². The smallest absolute Gasteiger partial charge is 0.231 e. The molecule has 2 N–H and O–H groups in total. The molecule has 1 aliphatic rings. The lowest BCUT2D eigenvalue weighted by Crippen LogP contribution is -2.30. The Morgan fingerprint density at radius 3 is 2.40 bits per heavy atom. The van der Waals surface area contributed by atoms with Crippen molar-refractivity contribution in [3.05, 3.63) is 42.0 Å². The summed E-state index contributed by atoms with van der Waals surface area (Å²) in [5, 5.41) is 6.90. The maximum Gasteiger partial charge on any atom is 0.231 e. The van der Waals surface area contributed by atoms with Gasteiger partial charge in [0, 0.05) is 23.9 Å². The van der Waals surface area contributed by atoms with Gasteiger partial charge in [-0.2, -0.15) is 0 Å². The van der Waals surface area contributed by atoms with E-state index in [0.29, 0.717) is 16.6 Å². The second-order valence-electron chi connectivity index (χ2n) is 5.53. The van der Waals surface area contributed by atoms with Crippen LogP contribution in [0, 0.1) is 0 Å². The predicted octanol–water partition coefficient (Wildman–Crippen LogP) is 3.48. The highest BCUT2D eigenvalue weighted by atomic mass is 32.1. The van der Waals surface area contributed by atoms with Gasteiger partial charge in [-0.1, -0.05) is 6.07 Å².